The lowest BCUT2D eigenvalue weighted by Crippen LogP contribution is -2.23. The van der Waals surface area contributed by atoms with Crippen molar-refractivity contribution in [2.75, 3.05) is 0 Å². The van der Waals surface area contributed by atoms with E-state index in [0.29, 0.717) is 17.8 Å². The molecule has 2 amide bonds. The molecule has 3 rings (SSSR count). The van der Waals surface area contributed by atoms with Gasteiger partial charge in [0, 0.05) is 23.1 Å². The summed E-state index contributed by atoms with van der Waals surface area (Å²) in [4.78, 5) is 27.7. The fourth-order valence-corrected chi connectivity index (χ4v) is 3.07. The molecule has 3 N–H and O–H groups in total. The SMILES string of the molecule is Cc1ccc(-c2nc(C(=O)NCc3ccc(C(N)=O)cc3)cs2)cc1. The predicted octanol–water partition coefficient (Wildman–Crippen LogP) is 3.15. The normalized spacial score (nSPS) is 10.4. The van der Waals surface area contributed by atoms with Gasteiger partial charge in [-0.1, -0.05) is 42.0 Å². The largest absolute Gasteiger partial charge is 0.366 e. The van der Waals surface area contributed by atoms with Crippen molar-refractivity contribution in [3.8, 4) is 10.6 Å². The Morgan fingerprint density at radius 2 is 1.76 bits per heavy atom. The van der Waals surface area contributed by atoms with Crippen LogP contribution in [0.2, 0.25) is 0 Å². The molecule has 25 heavy (non-hydrogen) atoms. The van der Waals surface area contributed by atoms with Crippen LogP contribution in [0.4, 0.5) is 0 Å². The third-order valence-corrected chi connectivity index (χ3v) is 4.62. The van der Waals surface area contributed by atoms with Crippen molar-refractivity contribution in [2.24, 2.45) is 5.73 Å². The minimum absolute atomic E-state index is 0.228. The number of nitrogens with two attached hydrogens (primary N) is 1. The molecule has 0 radical (unpaired) electrons. The van der Waals surface area contributed by atoms with Gasteiger partial charge in [-0.05, 0) is 24.6 Å². The Bertz CT molecular complexity index is 899. The highest BCUT2D eigenvalue weighted by Crippen LogP contribution is 2.24. The highest BCUT2D eigenvalue weighted by molar-refractivity contribution is 7.13. The maximum absolute atomic E-state index is 12.3. The first kappa shape index (κ1) is 16.9. The zero-order chi connectivity index (χ0) is 17.8. The first-order chi connectivity index (χ1) is 12.0. The van der Waals surface area contributed by atoms with E-state index in [4.69, 9.17) is 5.73 Å². The second kappa shape index (κ2) is 7.27. The Balaban J connectivity index is 1.63. The highest BCUT2D eigenvalue weighted by Gasteiger charge is 2.11. The summed E-state index contributed by atoms with van der Waals surface area (Å²) in [7, 11) is 0. The summed E-state index contributed by atoms with van der Waals surface area (Å²) >= 11 is 1.44. The second-order valence-electron chi connectivity index (χ2n) is 5.65. The zero-order valence-corrected chi connectivity index (χ0v) is 14.5. The summed E-state index contributed by atoms with van der Waals surface area (Å²) in [6.45, 7) is 2.38. The maximum atomic E-state index is 12.3. The van der Waals surface area contributed by atoms with Gasteiger partial charge in [0.1, 0.15) is 10.7 Å². The standard InChI is InChI=1S/C19H17N3O2S/c1-12-2-6-15(7-3-12)19-22-16(11-25-19)18(24)21-10-13-4-8-14(9-5-13)17(20)23/h2-9,11H,10H2,1H3,(H2,20,23)(H,21,24). The second-order valence-corrected chi connectivity index (χ2v) is 6.51. The van der Waals surface area contributed by atoms with Crippen LogP contribution in [-0.4, -0.2) is 16.8 Å². The van der Waals surface area contributed by atoms with Crippen LogP contribution in [0.25, 0.3) is 10.6 Å². The van der Waals surface area contributed by atoms with E-state index < -0.39 is 5.91 Å². The van der Waals surface area contributed by atoms with Gasteiger partial charge in [-0.2, -0.15) is 0 Å². The molecular formula is C19H17N3O2S. The molecular weight excluding hydrogens is 334 g/mol. The topological polar surface area (TPSA) is 85.1 Å². The number of hydrogen-bond donors (Lipinski definition) is 2. The van der Waals surface area contributed by atoms with Gasteiger partial charge in [-0.25, -0.2) is 4.98 Å². The van der Waals surface area contributed by atoms with E-state index in [1.807, 2.05) is 31.2 Å². The van der Waals surface area contributed by atoms with Crippen LogP contribution >= 0.6 is 11.3 Å². The van der Waals surface area contributed by atoms with E-state index in [-0.39, 0.29) is 5.91 Å². The smallest absolute Gasteiger partial charge is 0.271 e. The maximum Gasteiger partial charge on any atom is 0.271 e. The Morgan fingerprint density at radius 1 is 1.08 bits per heavy atom. The summed E-state index contributed by atoms with van der Waals surface area (Å²) in [5.74, 6) is -0.699. The molecule has 0 spiro atoms. The molecule has 0 saturated heterocycles. The van der Waals surface area contributed by atoms with Crippen molar-refractivity contribution >= 4 is 23.2 Å². The molecule has 0 fully saturated rings. The molecule has 0 saturated carbocycles. The molecule has 3 aromatic rings. The summed E-state index contributed by atoms with van der Waals surface area (Å²) in [6, 6.07) is 14.8. The van der Waals surface area contributed by atoms with Crippen molar-refractivity contribution in [3.05, 3.63) is 76.3 Å². The zero-order valence-electron chi connectivity index (χ0n) is 13.7. The fraction of sp³-hybridized carbons (Fsp3) is 0.105. The third kappa shape index (κ3) is 4.10. The average molecular weight is 351 g/mol. The minimum Gasteiger partial charge on any atom is -0.366 e. The predicted molar refractivity (Wildman–Crippen MR) is 98.4 cm³/mol. The molecule has 1 heterocycles. The van der Waals surface area contributed by atoms with Crippen LogP contribution in [0, 0.1) is 6.92 Å². The number of hydrogen-bond acceptors (Lipinski definition) is 4. The van der Waals surface area contributed by atoms with E-state index >= 15 is 0 Å². The minimum atomic E-state index is -0.471. The first-order valence-electron chi connectivity index (χ1n) is 7.72. The molecule has 0 bridgehead atoms. The van der Waals surface area contributed by atoms with Crippen LogP contribution in [-0.2, 0) is 6.54 Å². The molecule has 126 valence electrons. The molecule has 1 aromatic heterocycles. The summed E-state index contributed by atoms with van der Waals surface area (Å²) < 4.78 is 0. The van der Waals surface area contributed by atoms with E-state index in [1.54, 1.807) is 29.6 Å². The number of nitrogens with one attached hydrogen (secondary N) is 1. The van der Waals surface area contributed by atoms with Gasteiger partial charge in [0.05, 0.1) is 0 Å². The quantitative estimate of drug-likeness (QED) is 0.740. The van der Waals surface area contributed by atoms with Crippen molar-refractivity contribution in [3.63, 3.8) is 0 Å². The van der Waals surface area contributed by atoms with Crippen LogP contribution < -0.4 is 11.1 Å². The third-order valence-electron chi connectivity index (χ3n) is 3.73. The number of aryl methyl sites for hydroxylation is 1. The lowest BCUT2D eigenvalue weighted by atomic mass is 10.1. The number of carbonyl (C=O) groups is 2. The van der Waals surface area contributed by atoms with Crippen molar-refractivity contribution in [2.45, 2.75) is 13.5 Å². The van der Waals surface area contributed by atoms with E-state index in [1.165, 1.54) is 16.9 Å². The number of carbonyl (C=O) groups excluding carboxylic acids is 2. The Kier molecular flexibility index (Phi) is 4.90. The Morgan fingerprint density at radius 3 is 2.40 bits per heavy atom. The van der Waals surface area contributed by atoms with Gasteiger partial charge < -0.3 is 11.1 Å². The number of aromatic nitrogens is 1. The monoisotopic (exact) mass is 351 g/mol. The lowest BCUT2D eigenvalue weighted by Gasteiger charge is -2.04. The summed E-state index contributed by atoms with van der Waals surface area (Å²) in [6.07, 6.45) is 0. The average Bonchev–Trinajstić information content (AvgIpc) is 3.11. The molecule has 0 aliphatic rings. The number of nitrogens with zero attached hydrogens (tertiary/aromatic N) is 1. The molecule has 5 nitrogen and oxygen atoms in total. The van der Waals surface area contributed by atoms with Crippen LogP contribution in [0.5, 0.6) is 0 Å². The molecule has 0 aliphatic carbocycles. The molecule has 0 atom stereocenters. The van der Waals surface area contributed by atoms with Crippen LogP contribution in [0.3, 0.4) is 0 Å². The van der Waals surface area contributed by atoms with E-state index in [2.05, 4.69) is 10.3 Å². The van der Waals surface area contributed by atoms with Crippen molar-refractivity contribution in [1.29, 1.82) is 0 Å². The first-order valence-corrected chi connectivity index (χ1v) is 8.60. The van der Waals surface area contributed by atoms with Gasteiger partial charge in [-0.15, -0.1) is 11.3 Å². The fourth-order valence-electron chi connectivity index (χ4n) is 2.27. The summed E-state index contributed by atoms with van der Waals surface area (Å²) in [5, 5.41) is 5.39. The van der Waals surface area contributed by atoms with Gasteiger partial charge in [-0.3, -0.25) is 9.59 Å². The van der Waals surface area contributed by atoms with Crippen LogP contribution in [0.15, 0.2) is 53.9 Å². The van der Waals surface area contributed by atoms with E-state index in [9.17, 15) is 9.59 Å². The number of primary amides is 1. The van der Waals surface area contributed by atoms with Crippen molar-refractivity contribution < 1.29 is 9.59 Å². The molecule has 6 heteroatoms. The molecule has 0 unspecified atom stereocenters. The highest BCUT2D eigenvalue weighted by atomic mass is 32.1. The number of thiazole rings is 1. The Hall–Kier alpha value is -2.99. The number of rotatable bonds is 5. The van der Waals surface area contributed by atoms with Crippen molar-refractivity contribution in [1.82, 2.24) is 10.3 Å². The van der Waals surface area contributed by atoms with Gasteiger partial charge in [0.2, 0.25) is 5.91 Å². The molecule has 2 aromatic carbocycles. The van der Waals surface area contributed by atoms with Gasteiger partial charge in [0.25, 0.3) is 5.91 Å². The Labute approximate surface area is 149 Å². The lowest BCUT2D eigenvalue weighted by molar-refractivity contribution is 0.0945. The number of benzene rings is 2. The number of amides is 2. The van der Waals surface area contributed by atoms with Crippen LogP contribution in [0.1, 0.15) is 32.0 Å². The summed E-state index contributed by atoms with van der Waals surface area (Å²) in [5.41, 5.74) is 9.10. The van der Waals surface area contributed by atoms with Gasteiger partial charge in [0.15, 0.2) is 0 Å². The molecule has 0 aliphatic heterocycles. The van der Waals surface area contributed by atoms with Gasteiger partial charge >= 0.3 is 0 Å². The van der Waals surface area contributed by atoms with E-state index in [0.717, 1.165) is 16.1 Å².